The Balaban J connectivity index is 2.67. The SMILES string of the molecule is F[B]N=Nc1ccccc1. The van der Waals surface area contributed by atoms with E-state index in [1.54, 1.807) is 12.1 Å². The van der Waals surface area contributed by atoms with Gasteiger partial charge < -0.3 is 4.32 Å². The van der Waals surface area contributed by atoms with E-state index in [-0.39, 0.29) is 7.69 Å². The van der Waals surface area contributed by atoms with Crippen LogP contribution in [0.3, 0.4) is 0 Å². The molecule has 0 unspecified atom stereocenters. The summed E-state index contributed by atoms with van der Waals surface area (Å²) >= 11 is 0. The average molecular weight is 135 g/mol. The first-order chi connectivity index (χ1) is 4.93. The van der Waals surface area contributed by atoms with Gasteiger partial charge in [0, 0.05) is 0 Å². The lowest BCUT2D eigenvalue weighted by molar-refractivity contribution is 0.860. The smallest absolute Gasteiger partial charge is 0.302 e. The molecule has 1 aromatic rings. The topological polar surface area (TPSA) is 24.7 Å². The van der Waals surface area contributed by atoms with Crippen LogP contribution in [0.5, 0.6) is 0 Å². The fourth-order valence-corrected chi connectivity index (χ4v) is 0.583. The Morgan fingerprint density at radius 2 is 1.90 bits per heavy atom. The first-order valence-corrected chi connectivity index (χ1v) is 2.81. The molecule has 0 spiro atoms. The van der Waals surface area contributed by atoms with Crippen molar-refractivity contribution < 1.29 is 4.32 Å². The zero-order valence-electron chi connectivity index (χ0n) is 5.24. The molecule has 1 aromatic carbocycles. The van der Waals surface area contributed by atoms with Crippen molar-refractivity contribution in [1.29, 1.82) is 0 Å². The highest BCUT2D eigenvalue weighted by Gasteiger charge is 1.83. The minimum atomic E-state index is 0.160. The van der Waals surface area contributed by atoms with Crippen LogP contribution >= 0.6 is 0 Å². The van der Waals surface area contributed by atoms with Crippen molar-refractivity contribution >= 4 is 13.4 Å². The fraction of sp³-hybridized carbons (Fsp3) is 0. The quantitative estimate of drug-likeness (QED) is 0.438. The predicted octanol–water partition coefficient (Wildman–Crippen LogP) is 2.27. The highest BCUT2D eigenvalue weighted by atomic mass is 19.1. The molecular formula is C6H5BFN2. The summed E-state index contributed by atoms with van der Waals surface area (Å²) in [6.07, 6.45) is 0. The summed E-state index contributed by atoms with van der Waals surface area (Å²) in [5.41, 5.74) is 0.649. The maximum atomic E-state index is 11.3. The largest absolute Gasteiger partial charge is 0.531 e. The van der Waals surface area contributed by atoms with E-state index in [2.05, 4.69) is 10.1 Å². The van der Waals surface area contributed by atoms with Gasteiger partial charge >= 0.3 is 7.69 Å². The summed E-state index contributed by atoms with van der Waals surface area (Å²) in [6, 6.07) is 8.97. The number of hydrogen-bond acceptors (Lipinski definition) is 2. The Labute approximate surface area is 59.1 Å². The summed E-state index contributed by atoms with van der Waals surface area (Å²) in [5, 5.41) is 6.59. The zero-order chi connectivity index (χ0) is 7.23. The molecule has 0 bridgehead atoms. The summed E-state index contributed by atoms with van der Waals surface area (Å²) in [5.74, 6) is 0. The molecule has 0 aliphatic rings. The van der Waals surface area contributed by atoms with E-state index >= 15 is 0 Å². The van der Waals surface area contributed by atoms with E-state index in [0.29, 0.717) is 5.69 Å². The van der Waals surface area contributed by atoms with E-state index in [1.807, 2.05) is 18.2 Å². The molecule has 1 radical (unpaired) electrons. The Morgan fingerprint density at radius 3 is 2.50 bits per heavy atom. The molecule has 1 rings (SSSR count). The molecule has 0 saturated carbocycles. The van der Waals surface area contributed by atoms with Gasteiger partial charge in [0.1, 0.15) is 0 Å². The molecule has 2 nitrogen and oxygen atoms in total. The van der Waals surface area contributed by atoms with Crippen LogP contribution in [0.15, 0.2) is 40.5 Å². The third-order valence-electron chi connectivity index (χ3n) is 0.973. The lowest BCUT2D eigenvalue weighted by Crippen LogP contribution is -1.66. The highest BCUT2D eigenvalue weighted by Crippen LogP contribution is 2.09. The molecule has 0 atom stereocenters. The maximum absolute atomic E-state index is 11.3. The summed E-state index contributed by atoms with van der Waals surface area (Å²) in [7, 11) is 0.160. The first kappa shape index (κ1) is 6.93. The van der Waals surface area contributed by atoms with Crippen molar-refractivity contribution in [1.82, 2.24) is 0 Å². The summed E-state index contributed by atoms with van der Waals surface area (Å²) in [4.78, 5) is 0. The Morgan fingerprint density at radius 1 is 1.20 bits per heavy atom. The van der Waals surface area contributed by atoms with Gasteiger partial charge in [-0.2, -0.15) is 5.11 Å². The van der Waals surface area contributed by atoms with Gasteiger partial charge in [0.15, 0.2) is 0 Å². The lowest BCUT2D eigenvalue weighted by atomic mass is 10.3. The van der Waals surface area contributed by atoms with Crippen molar-refractivity contribution in [3.8, 4) is 0 Å². The van der Waals surface area contributed by atoms with Crippen LogP contribution in [-0.4, -0.2) is 7.69 Å². The normalized spacial score (nSPS) is 10.1. The van der Waals surface area contributed by atoms with Gasteiger partial charge in [-0.1, -0.05) is 18.2 Å². The molecule has 4 heteroatoms. The van der Waals surface area contributed by atoms with E-state index in [1.165, 1.54) is 0 Å². The van der Waals surface area contributed by atoms with Crippen LogP contribution in [0, 0.1) is 0 Å². The third kappa shape index (κ3) is 1.97. The van der Waals surface area contributed by atoms with Crippen molar-refractivity contribution in [2.24, 2.45) is 10.1 Å². The van der Waals surface area contributed by atoms with Gasteiger partial charge in [0.05, 0.1) is 5.69 Å². The molecule has 0 aliphatic heterocycles. The van der Waals surface area contributed by atoms with Gasteiger partial charge in [-0.05, 0) is 12.1 Å². The number of nitrogens with zero attached hydrogens (tertiary/aromatic N) is 2. The Hall–Kier alpha value is -1.19. The molecule has 0 aromatic heterocycles. The second kappa shape index (κ2) is 3.77. The summed E-state index contributed by atoms with van der Waals surface area (Å²) in [6.45, 7) is 0. The minimum Gasteiger partial charge on any atom is -0.302 e. The fourth-order valence-electron chi connectivity index (χ4n) is 0.583. The zero-order valence-corrected chi connectivity index (χ0v) is 5.24. The van der Waals surface area contributed by atoms with Crippen molar-refractivity contribution in [2.45, 2.75) is 0 Å². The summed E-state index contributed by atoms with van der Waals surface area (Å²) < 4.78 is 11.3. The number of benzene rings is 1. The van der Waals surface area contributed by atoms with Crippen LogP contribution < -0.4 is 0 Å². The second-order valence-electron chi connectivity index (χ2n) is 1.65. The molecule has 0 amide bonds. The molecule has 10 heavy (non-hydrogen) atoms. The van der Waals surface area contributed by atoms with Gasteiger partial charge in [0.2, 0.25) is 0 Å². The molecule has 0 aliphatic carbocycles. The second-order valence-corrected chi connectivity index (χ2v) is 1.65. The van der Waals surface area contributed by atoms with E-state index < -0.39 is 0 Å². The van der Waals surface area contributed by atoms with Crippen LogP contribution in [-0.2, 0) is 0 Å². The monoisotopic (exact) mass is 135 g/mol. The Kier molecular flexibility index (Phi) is 2.61. The standard InChI is InChI=1S/C6H5BFN2/c8-7-10-9-6-4-2-1-3-5-6/h1-5H. The van der Waals surface area contributed by atoms with Crippen molar-refractivity contribution in [3.05, 3.63) is 30.3 Å². The Bertz CT molecular complexity index is 212. The highest BCUT2D eigenvalue weighted by molar-refractivity contribution is 6.22. The first-order valence-electron chi connectivity index (χ1n) is 2.81. The number of halogens is 1. The lowest BCUT2D eigenvalue weighted by Gasteiger charge is -1.86. The number of rotatable bonds is 2. The molecule has 0 heterocycles. The van der Waals surface area contributed by atoms with Gasteiger partial charge in [0.25, 0.3) is 0 Å². The molecule has 0 fully saturated rings. The molecule has 49 valence electrons. The number of hydrogen-bond donors (Lipinski definition) is 0. The van der Waals surface area contributed by atoms with Crippen LogP contribution in [0.1, 0.15) is 0 Å². The molecule has 0 saturated heterocycles. The maximum Gasteiger partial charge on any atom is 0.531 e. The van der Waals surface area contributed by atoms with E-state index in [9.17, 15) is 4.32 Å². The van der Waals surface area contributed by atoms with Crippen LogP contribution in [0.2, 0.25) is 0 Å². The molecular weight excluding hydrogens is 130 g/mol. The van der Waals surface area contributed by atoms with Crippen molar-refractivity contribution in [3.63, 3.8) is 0 Å². The average Bonchev–Trinajstić information content (AvgIpc) is 2.03. The van der Waals surface area contributed by atoms with Gasteiger partial charge in [-0.3, -0.25) is 0 Å². The predicted molar refractivity (Wildman–Crippen MR) is 37.8 cm³/mol. The van der Waals surface area contributed by atoms with E-state index in [4.69, 9.17) is 0 Å². The van der Waals surface area contributed by atoms with Gasteiger partial charge in [-0.15, -0.1) is 0 Å². The van der Waals surface area contributed by atoms with E-state index in [0.717, 1.165) is 0 Å². The minimum absolute atomic E-state index is 0.160. The van der Waals surface area contributed by atoms with Crippen molar-refractivity contribution in [2.75, 3.05) is 0 Å². The molecule has 0 N–H and O–H groups in total. The van der Waals surface area contributed by atoms with Gasteiger partial charge in [-0.25, -0.2) is 5.03 Å². The van der Waals surface area contributed by atoms with Crippen LogP contribution in [0.4, 0.5) is 10.0 Å². The third-order valence-corrected chi connectivity index (χ3v) is 0.973. The van der Waals surface area contributed by atoms with Crippen LogP contribution in [0.25, 0.3) is 0 Å².